The molecule has 0 bridgehead atoms. The molecule has 5 N–H and O–H groups in total. The number of benzene rings is 3. The third kappa shape index (κ3) is 4.79. The van der Waals surface area contributed by atoms with E-state index in [0.717, 1.165) is 22.4 Å². The molecule has 0 heterocycles. The van der Waals surface area contributed by atoms with Gasteiger partial charge in [-0.15, -0.1) is 11.8 Å². The van der Waals surface area contributed by atoms with Gasteiger partial charge in [-0.3, -0.25) is 4.79 Å². The first-order valence-electron chi connectivity index (χ1n) is 8.96. The zero-order chi connectivity index (χ0) is 20.0. The van der Waals surface area contributed by atoms with Crippen LogP contribution in [0.1, 0.15) is 16.7 Å². The van der Waals surface area contributed by atoms with Crippen LogP contribution in [0.2, 0.25) is 0 Å². The highest BCUT2D eigenvalue weighted by Gasteiger charge is 2.37. The Morgan fingerprint density at radius 3 is 1.79 bits per heavy atom. The summed E-state index contributed by atoms with van der Waals surface area (Å²) in [6.45, 7) is 0. The number of thioether (sulfide) groups is 1. The van der Waals surface area contributed by atoms with Gasteiger partial charge in [0.05, 0.1) is 11.9 Å². The number of hydrogen-bond acceptors (Lipinski definition) is 4. The Morgan fingerprint density at radius 2 is 1.38 bits per heavy atom. The van der Waals surface area contributed by atoms with Crippen LogP contribution in [-0.2, 0) is 9.54 Å². The first-order chi connectivity index (χ1) is 13.6. The van der Waals surface area contributed by atoms with Gasteiger partial charge in [0.1, 0.15) is 11.8 Å². The van der Waals surface area contributed by atoms with Gasteiger partial charge in [-0.1, -0.05) is 72.8 Å². The largest absolute Gasteiger partial charge is 0.497 e. The third-order valence-corrected chi connectivity index (χ3v) is 6.32. The highest BCUT2D eigenvalue weighted by molar-refractivity contribution is 8.00. The van der Waals surface area contributed by atoms with Gasteiger partial charge >= 0.3 is 5.97 Å². The molecule has 0 aromatic heterocycles. The number of hydrogen-bond donors (Lipinski definition) is 2. The Bertz CT molecular complexity index is 862. The van der Waals surface area contributed by atoms with E-state index in [1.165, 1.54) is 11.8 Å². The zero-order valence-electron chi connectivity index (χ0n) is 16.1. The molecule has 3 aromatic rings. The van der Waals surface area contributed by atoms with Crippen molar-refractivity contribution in [2.75, 3.05) is 12.9 Å². The summed E-state index contributed by atoms with van der Waals surface area (Å²) in [5.41, 5.74) is 9.03. The second kappa shape index (κ2) is 10.1. The molecule has 3 rings (SSSR count). The first-order valence-corrected chi connectivity index (χ1v) is 9.94. The lowest BCUT2D eigenvalue weighted by Crippen LogP contribution is -2.36. The summed E-state index contributed by atoms with van der Waals surface area (Å²) in [5.74, 6) is 0.0359. The van der Waals surface area contributed by atoms with Crippen molar-refractivity contribution in [2.24, 2.45) is 5.73 Å². The van der Waals surface area contributed by atoms with Gasteiger partial charge in [0, 0.05) is 5.75 Å². The van der Waals surface area contributed by atoms with E-state index in [0.29, 0.717) is 0 Å². The van der Waals surface area contributed by atoms with E-state index in [1.54, 1.807) is 7.11 Å². The van der Waals surface area contributed by atoms with Gasteiger partial charge in [-0.05, 0) is 28.8 Å². The average Bonchev–Trinajstić information content (AvgIpc) is 2.76. The highest BCUT2D eigenvalue weighted by Crippen LogP contribution is 2.48. The van der Waals surface area contributed by atoms with E-state index >= 15 is 0 Å². The fraction of sp³-hybridized carbons (Fsp3) is 0.174. The molecule has 0 aliphatic heterocycles. The second-order valence-electron chi connectivity index (χ2n) is 6.40. The predicted molar refractivity (Wildman–Crippen MR) is 117 cm³/mol. The molecule has 0 radical (unpaired) electrons. The van der Waals surface area contributed by atoms with Crippen molar-refractivity contribution in [3.8, 4) is 5.75 Å². The monoisotopic (exact) mass is 411 g/mol. The number of carbonyl (C=O) groups is 1. The normalized spacial score (nSPS) is 11.9. The molecular formula is C23H25NO4S. The van der Waals surface area contributed by atoms with E-state index < -0.39 is 16.8 Å². The lowest BCUT2D eigenvalue weighted by molar-refractivity contribution is -0.137. The van der Waals surface area contributed by atoms with Crippen molar-refractivity contribution in [1.82, 2.24) is 0 Å². The van der Waals surface area contributed by atoms with Crippen LogP contribution in [0.4, 0.5) is 0 Å². The maximum atomic E-state index is 11.4. The lowest BCUT2D eigenvalue weighted by atomic mass is 9.84. The third-order valence-electron chi connectivity index (χ3n) is 4.65. The molecule has 5 nitrogen and oxygen atoms in total. The standard InChI is InChI=1S/C23H23NO3S.H2O/c1-27-20-14-12-19(13-15-20)23(17-8-4-2-5-9-17,18-10-6-3-7-11-18)28-16-21(24)22(25)26;/h2-15,21H,16,24H2,1H3,(H,25,26);1H2. The average molecular weight is 412 g/mol. The van der Waals surface area contributed by atoms with E-state index in [2.05, 4.69) is 24.3 Å². The summed E-state index contributed by atoms with van der Waals surface area (Å²) in [7, 11) is 1.64. The van der Waals surface area contributed by atoms with Gasteiger partial charge in [-0.25, -0.2) is 0 Å². The molecule has 0 spiro atoms. The lowest BCUT2D eigenvalue weighted by Gasteiger charge is -2.36. The van der Waals surface area contributed by atoms with Crippen LogP contribution in [0.25, 0.3) is 0 Å². The van der Waals surface area contributed by atoms with Crippen LogP contribution >= 0.6 is 11.8 Å². The summed E-state index contributed by atoms with van der Waals surface area (Å²) in [6, 6.07) is 27.1. The summed E-state index contributed by atoms with van der Waals surface area (Å²) >= 11 is 1.53. The van der Waals surface area contributed by atoms with Crippen molar-refractivity contribution in [2.45, 2.75) is 10.8 Å². The number of carboxylic acids is 1. The van der Waals surface area contributed by atoms with Crippen molar-refractivity contribution in [3.63, 3.8) is 0 Å². The minimum absolute atomic E-state index is 0. The molecular weight excluding hydrogens is 386 g/mol. The van der Waals surface area contributed by atoms with Crippen molar-refractivity contribution in [3.05, 3.63) is 102 Å². The maximum Gasteiger partial charge on any atom is 0.321 e. The molecule has 0 amide bonds. The van der Waals surface area contributed by atoms with Crippen LogP contribution in [0.5, 0.6) is 5.75 Å². The molecule has 0 fully saturated rings. The Balaban J connectivity index is 0.00000300. The molecule has 3 aromatic carbocycles. The number of ether oxygens (including phenoxy) is 1. The predicted octanol–water partition coefficient (Wildman–Crippen LogP) is 3.31. The Morgan fingerprint density at radius 1 is 0.931 bits per heavy atom. The van der Waals surface area contributed by atoms with Gasteiger partial charge in [0.15, 0.2) is 0 Å². The Labute approximate surface area is 174 Å². The van der Waals surface area contributed by atoms with Crippen molar-refractivity contribution in [1.29, 1.82) is 0 Å². The number of aliphatic carboxylic acids is 1. The van der Waals surface area contributed by atoms with E-state index in [9.17, 15) is 9.90 Å². The minimum atomic E-state index is -1.00. The number of nitrogens with two attached hydrogens (primary N) is 1. The molecule has 29 heavy (non-hydrogen) atoms. The SMILES string of the molecule is COc1ccc(C(SCC(N)C(=O)O)(c2ccccc2)c2ccccc2)cc1.O. The fourth-order valence-electron chi connectivity index (χ4n) is 3.21. The van der Waals surface area contributed by atoms with Gasteiger partial charge in [-0.2, -0.15) is 0 Å². The second-order valence-corrected chi connectivity index (χ2v) is 7.63. The molecule has 1 unspecified atom stereocenters. The molecule has 0 aliphatic carbocycles. The van der Waals surface area contributed by atoms with Crippen LogP contribution in [0.3, 0.4) is 0 Å². The van der Waals surface area contributed by atoms with E-state index in [-0.39, 0.29) is 11.2 Å². The summed E-state index contributed by atoms with van der Waals surface area (Å²) in [4.78, 5) is 11.4. The smallest absolute Gasteiger partial charge is 0.321 e. The van der Waals surface area contributed by atoms with Crippen LogP contribution in [0.15, 0.2) is 84.9 Å². The van der Waals surface area contributed by atoms with Crippen LogP contribution < -0.4 is 10.5 Å². The van der Waals surface area contributed by atoms with E-state index in [1.807, 2.05) is 60.7 Å². The van der Waals surface area contributed by atoms with Crippen LogP contribution in [-0.4, -0.2) is 35.5 Å². The zero-order valence-corrected chi connectivity index (χ0v) is 16.9. The first kappa shape index (κ1) is 22.5. The molecule has 1 atom stereocenters. The number of rotatable bonds is 8. The molecule has 0 saturated heterocycles. The van der Waals surface area contributed by atoms with Crippen molar-refractivity contribution < 1.29 is 20.1 Å². The number of carboxylic acid groups (broad SMARTS) is 1. The van der Waals surface area contributed by atoms with Crippen LogP contribution in [0, 0.1) is 0 Å². The summed E-state index contributed by atoms with van der Waals surface area (Å²) in [6.07, 6.45) is 0. The van der Waals surface area contributed by atoms with Gasteiger partial charge in [0.2, 0.25) is 0 Å². The highest BCUT2D eigenvalue weighted by atomic mass is 32.2. The topological polar surface area (TPSA) is 104 Å². The van der Waals surface area contributed by atoms with Gasteiger partial charge < -0.3 is 21.1 Å². The molecule has 152 valence electrons. The van der Waals surface area contributed by atoms with Crippen molar-refractivity contribution >= 4 is 17.7 Å². The Kier molecular flexibility index (Phi) is 7.84. The molecule has 0 aliphatic rings. The minimum Gasteiger partial charge on any atom is -0.497 e. The molecule has 0 saturated carbocycles. The maximum absolute atomic E-state index is 11.4. The fourth-order valence-corrected chi connectivity index (χ4v) is 4.69. The van der Waals surface area contributed by atoms with E-state index in [4.69, 9.17) is 10.5 Å². The summed E-state index contributed by atoms with van der Waals surface area (Å²) < 4.78 is 4.72. The summed E-state index contributed by atoms with van der Waals surface area (Å²) in [5, 5.41) is 9.30. The Hall–Kier alpha value is -2.80. The quantitative estimate of drug-likeness (QED) is 0.554. The number of methoxy groups -OCH3 is 1. The molecule has 6 heteroatoms. The van der Waals surface area contributed by atoms with Gasteiger partial charge in [0.25, 0.3) is 0 Å².